The van der Waals surface area contributed by atoms with Crippen LogP contribution in [0.2, 0.25) is 0 Å². The van der Waals surface area contributed by atoms with Gasteiger partial charge in [0, 0.05) is 4.75 Å². The normalized spacial score (nSPS) is 57.3. The molecule has 13 rings (SSSR count). The van der Waals surface area contributed by atoms with Gasteiger partial charge in [-0.15, -0.1) is 4.68 Å². The van der Waals surface area contributed by atoms with Crippen LogP contribution in [-0.2, 0) is 11.1 Å². The zero-order valence-corrected chi connectivity index (χ0v) is 22.9. The van der Waals surface area contributed by atoms with Crippen molar-refractivity contribution in [1.82, 2.24) is 15.1 Å². The first-order valence-corrected chi connectivity index (χ1v) is 16.9. The van der Waals surface area contributed by atoms with E-state index in [1.807, 2.05) is 0 Å². The summed E-state index contributed by atoms with van der Waals surface area (Å²) in [6.45, 7) is 0. The molecule has 0 N–H and O–H groups in total. The Morgan fingerprint density at radius 2 is 0.944 bits per heavy atom. The molecule has 0 radical (unpaired) electrons. The van der Waals surface area contributed by atoms with E-state index in [9.17, 15) is 0 Å². The molecule has 36 heavy (non-hydrogen) atoms. The molecule has 0 aliphatic heterocycles. The molecule has 194 valence electrons. The molecule has 12 aliphatic carbocycles. The zero-order valence-electron chi connectivity index (χ0n) is 22.1. The van der Waals surface area contributed by atoms with Gasteiger partial charge >= 0.3 is 5.16 Å². The lowest BCUT2D eigenvalue weighted by atomic mass is 9.53. The number of hydrogen-bond donors (Lipinski definition) is 0. The molecule has 12 aliphatic rings. The monoisotopic (exact) mass is 505 g/mol. The summed E-state index contributed by atoms with van der Waals surface area (Å²) in [5.74, 6) is 8.78. The molecule has 4 nitrogen and oxygen atoms in total. The quantitative estimate of drug-likeness (QED) is 0.440. The largest absolute Gasteiger partial charge is 0.358 e. The first-order chi connectivity index (χ1) is 17.5. The Morgan fingerprint density at radius 3 is 1.39 bits per heavy atom. The van der Waals surface area contributed by atoms with Gasteiger partial charge in [-0.3, -0.25) is 0 Å². The Labute approximate surface area is 221 Å². The second kappa shape index (κ2) is 6.94. The summed E-state index contributed by atoms with van der Waals surface area (Å²) < 4.78 is 3.14. The molecule has 5 heteroatoms. The number of hydrogen-bond acceptors (Lipinski definition) is 3. The summed E-state index contributed by atoms with van der Waals surface area (Å²) in [5.41, 5.74) is 0.541. The zero-order chi connectivity index (χ0) is 23.3. The van der Waals surface area contributed by atoms with Gasteiger partial charge in [-0.2, -0.15) is 0 Å². The third kappa shape index (κ3) is 2.93. The average Bonchev–Trinajstić information content (AvgIpc) is 3.21. The van der Waals surface area contributed by atoms with Crippen LogP contribution >= 0.6 is 11.8 Å². The van der Waals surface area contributed by atoms with E-state index in [0.717, 1.165) is 53.3 Å². The molecule has 0 spiro atoms. The highest BCUT2D eigenvalue weighted by Gasteiger charge is 2.61. The van der Waals surface area contributed by atoms with Crippen molar-refractivity contribution in [3.8, 4) is 0 Å². The second-order valence-corrected chi connectivity index (χ2v) is 18.0. The fourth-order valence-electron chi connectivity index (χ4n) is 13.8. The van der Waals surface area contributed by atoms with E-state index in [1.54, 1.807) is 0 Å². The molecule has 1 aromatic rings. The Hall–Kier alpha value is -0.580. The van der Waals surface area contributed by atoms with Crippen molar-refractivity contribution in [3.05, 3.63) is 0 Å². The summed E-state index contributed by atoms with van der Waals surface area (Å²) >= 11 is 2.27. The minimum Gasteiger partial charge on any atom is -0.121 e. The molecular weight excluding hydrogens is 460 g/mol. The molecule has 12 bridgehead atoms. The van der Waals surface area contributed by atoms with Crippen LogP contribution in [0.5, 0.6) is 0 Å². The molecule has 0 atom stereocenters. The third-order valence-electron chi connectivity index (χ3n) is 13.7. The van der Waals surface area contributed by atoms with Gasteiger partial charge in [-0.25, -0.2) is 0 Å². The van der Waals surface area contributed by atoms with Crippen LogP contribution < -0.4 is 4.68 Å². The number of nitrogens with zero attached hydrogens (tertiary/aromatic N) is 4. The Bertz CT molecular complexity index is 998. The maximum Gasteiger partial charge on any atom is 0.358 e. The van der Waals surface area contributed by atoms with Crippen LogP contribution in [0.15, 0.2) is 5.16 Å². The van der Waals surface area contributed by atoms with Crippen LogP contribution in [0, 0.1) is 53.3 Å². The first-order valence-electron chi connectivity index (χ1n) is 16.1. The lowest BCUT2D eigenvalue weighted by Crippen LogP contribution is -2.67. The van der Waals surface area contributed by atoms with Crippen LogP contribution in [0.3, 0.4) is 0 Å². The van der Waals surface area contributed by atoms with E-state index in [0.29, 0.717) is 10.3 Å². The van der Waals surface area contributed by atoms with Crippen LogP contribution in [0.4, 0.5) is 0 Å². The predicted molar refractivity (Wildman–Crippen MR) is 139 cm³/mol. The Balaban J connectivity index is 1.08. The van der Waals surface area contributed by atoms with Gasteiger partial charge in [0.05, 0.1) is 10.3 Å². The van der Waals surface area contributed by atoms with Crippen molar-refractivity contribution in [2.24, 2.45) is 53.3 Å². The lowest BCUT2D eigenvalue weighted by Gasteiger charge is -2.56. The lowest BCUT2D eigenvalue weighted by molar-refractivity contribution is -0.856. The molecule has 0 unspecified atom stereocenters. The third-order valence-corrected chi connectivity index (χ3v) is 15.1. The molecule has 0 amide bonds. The van der Waals surface area contributed by atoms with Crippen molar-refractivity contribution < 1.29 is 4.68 Å². The highest BCUT2D eigenvalue weighted by atomic mass is 32.2. The first kappa shape index (κ1) is 21.3. The van der Waals surface area contributed by atoms with Crippen molar-refractivity contribution in [2.75, 3.05) is 0 Å². The second-order valence-electron chi connectivity index (χ2n) is 16.6. The number of tetrazole rings is 1. The topological polar surface area (TPSA) is 34.6 Å². The van der Waals surface area contributed by atoms with E-state index in [1.165, 1.54) is 121 Å². The van der Waals surface area contributed by atoms with E-state index in [4.69, 9.17) is 10.3 Å². The standard InChI is InChI=1S/C31H45N4S/c1-19-2-21-3-20(1)11-29(10-19,12-21)34-28(36-31-16-25-7-26(17-31)9-27(8-25)18-31)32-35(33-34)30-13-22-4-23(14-30)6-24(5-22)15-30/h19-27H,1-18H2/q+1. The minimum atomic E-state index is 0.249. The fraction of sp³-hybridized carbons (Fsp3) is 0.968. The van der Waals surface area contributed by atoms with Gasteiger partial charge in [0.15, 0.2) is 0 Å². The van der Waals surface area contributed by atoms with Gasteiger partial charge in [0.25, 0.3) is 0 Å². The SMILES string of the molecule is C1C2CC3CC1CC(Sc1nn(C45CC6CC(CC(C6)C4)C5)n[n+]1C14CC5CC(CC(C5)C1)C4)(C2)C3. The molecule has 0 aromatic carbocycles. The van der Waals surface area contributed by atoms with Crippen LogP contribution in [-0.4, -0.2) is 19.9 Å². The van der Waals surface area contributed by atoms with Gasteiger partial charge in [-0.1, -0.05) is 0 Å². The summed E-state index contributed by atoms with van der Waals surface area (Å²) in [5, 5.41) is 12.7. The molecule has 12 fully saturated rings. The maximum absolute atomic E-state index is 5.69. The molecule has 1 aromatic heterocycles. The summed E-state index contributed by atoms with van der Waals surface area (Å²) in [6, 6.07) is 0. The van der Waals surface area contributed by atoms with Crippen molar-refractivity contribution >= 4 is 11.8 Å². The Kier molecular flexibility index (Phi) is 4.10. The Morgan fingerprint density at radius 1 is 0.556 bits per heavy atom. The smallest absolute Gasteiger partial charge is 0.121 e. The van der Waals surface area contributed by atoms with Crippen molar-refractivity contribution in [2.45, 2.75) is 137 Å². The van der Waals surface area contributed by atoms with E-state index >= 15 is 0 Å². The molecular formula is C31H45N4S+. The predicted octanol–water partition coefficient (Wildman–Crippen LogP) is 6.48. The minimum absolute atomic E-state index is 0.249. The van der Waals surface area contributed by atoms with E-state index < -0.39 is 0 Å². The van der Waals surface area contributed by atoms with Gasteiger partial charge in [0.1, 0.15) is 11.1 Å². The van der Waals surface area contributed by atoms with Crippen molar-refractivity contribution in [1.29, 1.82) is 0 Å². The van der Waals surface area contributed by atoms with Crippen LogP contribution in [0.1, 0.15) is 116 Å². The molecule has 0 saturated heterocycles. The van der Waals surface area contributed by atoms with E-state index in [2.05, 4.69) is 21.2 Å². The molecule has 1 heterocycles. The summed E-state index contributed by atoms with van der Waals surface area (Å²) in [6.07, 6.45) is 26.4. The maximum atomic E-state index is 5.69. The summed E-state index contributed by atoms with van der Waals surface area (Å²) in [7, 11) is 0. The van der Waals surface area contributed by atoms with Gasteiger partial charge in [0.2, 0.25) is 0 Å². The van der Waals surface area contributed by atoms with E-state index in [-0.39, 0.29) is 5.54 Å². The van der Waals surface area contributed by atoms with Gasteiger partial charge < -0.3 is 0 Å². The average molecular weight is 506 g/mol. The van der Waals surface area contributed by atoms with Crippen molar-refractivity contribution in [3.63, 3.8) is 0 Å². The van der Waals surface area contributed by atoms with Crippen LogP contribution in [0.25, 0.3) is 0 Å². The highest BCUT2D eigenvalue weighted by molar-refractivity contribution is 8.00. The highest BCUT2D eigenvalue weighted by Crippen LogP contribution is 2.63. The number of aromatic nitrogens is 4. The summed E-state index contributed by atoms with van der Waals surface area (Å²) in [4.78, 5) is 2.42. The number of rotatable bonds is 4. The van der Waals surface area contributed by atoms with Gasteiger partial charge in [-0.05, 0) is 185 Å². The molecule has 12 saturated carbocycles. The number of thioether (sulfide) groups is 1. The fourth-order valence-corrected chi connectivity index (χ4v) is 15.6.